The second-order valence-electron chi connectivity index (χ2n) is 5.57. The second kappa shape index (κ2) is 4.94. The molecule has 2 aromatic heterocycles. The average Bonchev–Trinajstić information content (AvgIpc) is 2.92. The zero-order valence-corrected chi connectivity index (χ0v) is 13.6. The van der Waals surface area contributed by atoms with Crippen LogP contribution in [0, 0.1) is 12.7 Å². The van der Waals surface area contributed by atoms with Crippen molar-refractivity contribution < 1.29 is 14.3 Å². The van der Waals surface area contributed by atoms with Gasteiger partial charge in [0.1, 0.15) is 17.2 Å². The number of carbonyl (C=O) groups is 1. The first-order valence-electron chi connectivity index (χ1n) is 7.22. The van der Waals surface area contributed by atoms with Crippen LogP contribution in [-0.4, -0.2) is 25.2 Å². The molecule has 8 heteroatoms. The summed E-state index contributed by atoms with van der Waals surface area (Å²) in [6.07, 6.45) is 3.20. The number of fused-ring (bicyclic) bond motifs is 3. The number of hydrogen-bond donors (Lipinski definition) is 1. The molecular weight excluding hydrogens is 333 g/mol. The van der Waals surface area contributed by atoms with E-state index in [1.54, 1.807) is 34.5 Å². The number of rotatable bonds is 2. The molecule has 0 aliphatic carbocycles. The van der Waals surface area contributed by atoms with Crippen LogP contribution in [0.15, 0.2) is 34.3 Å². The molecule has 6 nitrogen and oxygen atoms in total. The van der Waals surface area contributed by atoms with Crippen LogP contribution >= 0.6 is 11.8 Å². The molecule has 1 aliphatic rings. The van der Waals surface area contributed by atoms with Crippen molar-refractivity contribution in [2.24, 2.45) is 0 Å². The highest BCUT2D eigenvalue weighted by atomic mass is 32.2. The molecule has 1 atom stereocenters. The Morgan fingerprint density at radius 1 is 1.42 bits per heavy atom. The molecule has 4 rings (SSSR count). The molecule has 0 radical (unpaired) electrons. The monoisotopic (exact) mass is 345 g/mol. The number of imidazole rings is 1. The van der Waals surface area contributed by atoms with E-state index in [0.29, 0.717) is 16.4 Å². The molecule has 0 fully saturated rings. The van der Waals surface area contributed by atoms with Crippen molar-refractivity contribution in [1.82, 2.24) is 14.1 Å². The van der Waals surface area contributed by atoms with Crippen molar-refractivity contribution in [1.29, 1.82) is 0 Å². The molecule has 1 aliphatic heterocycles. The smallest absolute Gasteiger partial charge is 0.342 e. The van der Waals surface area contributed by atoms with Gasteiger partial charge in [0.25, 0.3) is 0 Å². The molecule has 0 bridgehead atoms. The molecule has 24 heavy (non-hydrogen) atoms. The largest absolute Gasteiger partial charge is 0.477 e. The van der Waals surface area contributed by atoms with Crippen molar-refractivity contribution in [3.05, 3.63) is 52.0 Å². The van der Waals surface area contributed by atoms with Gasteiger partial charge in [0, 0.05) is 17.8 Å². The fourth-order valence-electron chi connectivity index (χ4n) is 3.04. The van der Waals surface area contributed by atoms with Gasteiger partial charge in [0.15, 0.2) is 0 Å². The fraction of sp³-hybridized carbons (Fsp3) is 0.188. The van der Waals surface area contributed by atoms with Crippen LogP contribution in [0.1, 0.15) is 28.5 Å². The molecule has 1 aromatic carbocycles. The number of aromatic carboxylic acids is 1. The number of aryl methyl sites for hydroxylation is 1. The van der Waals surface area contributed by atoms with Gasteiger partial charge in [0.05, 0.1) is 21.6 Å². The van der Waals surface area contributed by atoms with Crippen LogP contribution < -0.4 is 5.43 Å². The third-order valence-corrected chi connectivity index (χ3v) is 5.35. The van der Waals surface area contributed by atoms with Gasteiger partial charge in [0.2, 0.25) is 5.43 Å². The van der Waals surface area contributed by atoms with Gasteiger partial charge < -0.3 is 14.2 Å². The minimum absolute atomic E-state index is 0.0246. The number of nitrogens with zero attached hydrogens (tertiary/aromatic N) is 3. The normalized spacial score (nSPS) is 16.0. The Hall–Kier alpha value is -2.61. The first kappa shape index (κ1) is 14.9. The van der Waals surface area contributed by atoms with E-state index in [4.69, 9.17) is 0 Å². The first-order valence-corrected chi connectivity index (χ1v) is 8.10. The Labute approximate surface area is 139 Å². The van der Waals surface area contributed by atoms with E-state index >= 15 is 0 Å². The molecule has 0 saturated carbocycles. The fourth-order valence-corrected chi connectivity index (χ4v) is 4.20. The van der Waals surface area contributed by atoms with E-state index in [-0.39, 0.29) is 22.0 Å². The van der Waals surface area contributed by atoms with Crippen molar-refractivity contribution in [2.75, 3.05) is 0 Å². The van der Waals surface area contributed by atoms with Crippen LogP contribution in [-0.2, 0) is 0 Å². The molecule has 0 spiro atoms. The summed E-state index contributed by atoms with van der Waals surface area (Å²) in [5.41, 5.74) is -0.151. The summed E-state index contributed by atoms with van der Waals surface area (Å²) in [6.45, 7) is 3.65. The summed E-state index contributed by atoms with van der Waals surface area (Å²) in [7, 11) is 0. The van der Waals surface area contributed by atoms with Gasteiger partial charge in [-0.25, -0.2) is 14.2 Å². The molecule has 1 unspecified atom stereocenters. The van der Waals surface area contributed by atoms with Crippen LogP contribution in [0.25, 0.3) is 16.6 Å². The molecule has 3 heterocycles. The van der Waals surface area contributed by atoms with E-state index in [1.807, 2.05) is 6.92 Å². The van der Waals surface area contributed by atoms with Gasteiger partial charge >= 0.3 is 5.97 Å². The number of thioether (sulfide) groups is 1. The lowest BCUT2D eigenvalue weighted by Crippen LogP contribution is -2.28. The van der Waals surface area contributed by atoms with E-state index in [9.17, 15) is 19.1 Å². The Kier molecular flexibility index (Phi) is 3.08. The zero-order valence-electron chi connectivity index (χ0n) is 12.8. The third kappa shape index (κ3) is 1.86. The summed E-state index contributed by atoms with van der Waals surface area (Å²) < 4.78 is 17.9. The lowest BCUT2D eigenvalue weighted by Gasteiger charge is -2.32. The van der Waals surface area contributed by atoms with Crippen LogP contribution in [0.5, 0.6) is 0 Å². The maximum absolute atomic E-state index is 14.6. The minimum Gasteiger partial charge on any atom is -0.477 e. The van der Waals surface area contributed by atoms with Crippen LogP contribution in [0.4, 0.5) is 4.39 Å². The van der Waals surface area contributed by atoms with Crippen molar-refractivity contribution in [2.45, 2.75) is 24.2 Å². The standard InChI is InChI=1S/C16H12FN3O3S/c1-7-18-3-4-19(7)12-6-11-9(5-10(12)17)14(21)13(16(22)23)15-20(11)8(2)24-15/h3-6,8H,1-2H3,(H,22,23). The topological polar surface area (TPSA) is 77.1 Å². The molecular formula is C16H12FN3O3S. The summed E-state index contributed by atoms with van der Waals surface area (Å²) in [4.78, 5) is 28.0. The molecule has 122 valence electrons. The highest BCUT2D eigenvalue weighted by Gasteiger charge is 2.33. The van der Waals surface area contributed by atoms with E-state index in [1.165, 1.54) is 11.8 Å². The summed E-state index contributed by atoms with van der Waals surface area (Å²) in [5, 5.41) is 9.78. The third-order valence-electron chi connectivity index (χ3n) is 4.17. The first-order chi connectivity index (χ1) is 11.4. The summed E-state index contributed by atoms with van der Waals surface area (Å²) >= 11 is 1.32. The average molecular weight is 345 g/mol. The number of hydrogen-bond acceptors (Lipinski definition) is 4. The number of carboxylic acid groups (broad SMARTS) is 1. The highest BCUT2D eigenvalue weighted by Crippen LogP contribution is 2.46. The van der Waals surface area contributed by atoms with Gasteiger partial charge in [-0.15, -0.1) is 0 Å². The predicted molar refractivity (Wildman–Crippen MR) is 87.6 cm³/mol. The lowest BCUT2D eigenvalue weighted by atomic mass is 10.1. The molecule has 0 saturated heterocycles. The molecule has 1 N–H and O–H groups in total. The highest BCUT2D eigenvalue weighted by molar-refractivity contribution is 8.00. The Balaban J connectivity index is 2.13. The number of pyridine rings is 1. The number of benzene rings is 1. The maximum Gasteiger partial charge on any atom is 0.342 e. The van der Waals surface area contributed by atoms with E-state index in [2.05, 4.69) is 4.98 Å². The van der Waals surface area contributed by atoms with E-state index in [0.717, 1.165) is 6.07 Å². The predicted octanol–water partition coefficient (Wildman–Crippen LogP) is 2.96. The number of halogens is 1. The Bertz CT molecular complexity index is 1090. The van der Waals surface area contributed by atoms with E-state index < -0.39 is 17.2 Å². The lowest BCUT2D eigenvalue weighted by molar-refractivity contribution is 0.0689. The van der Waals surface area contributed by atoms with Crippen molar-refractivity contribution >= 4 is 28.6 Å². The van der Waals surface area contributed by atoms with Crippen molar-refractivity contribution in [3.63, 3.8) is 0 Å². The molecule has 0 amide bonds. The van der Waals surface area contributed by atoms with Crippen LogP contribution in [0.3, 0.4) is 0 Å². The number of aromatic nitrogens is 3. The van der Waals surface area contributed by atoms with Crippen molar-refractivity contribution in [3.8, 4) is 5.69 Å². The number of carboxylic acids is 1. The quantitative estimate of drug-likeness (QED) is 0.773. The Morgan fingerprint density at radius 3 is 2.75 bits per heavy atom. The second-order valence-corrected chi connectivity index (χ2v) is 6.87. The Morgan fingerprint density at radius 2 is 2.17 bits per heavy atom. The maximum atomic E-state index is 14.6. The van der Waals surface area contributed by atoms with Gasteiger partial charge in [-0.05, 0) is 26.0 Å². The van der Waals surface area contributed by atoms with Gasteiger partial charge in [-0.2, -0.15) is 0 Å². The van der Waals surface area contributed by atoms with Gasteiger partial charge in [-0.3, -0.25) is 4.79 Å². The molecule has 3 aromatic rings. The van der Waals surface area contributed by atoms with Crippen LogP contribution in [0.2, 0.25) is 0 Å². The SMILES string of the molecule is Cc1nccn1-c1cc2c(cc1F)c(=O)c(C(=O)O)c1n2C(C)S1. The minimum atomic E-state index is -1.29. The summed E-state index contributed by atoms with van der Waals surface area (Å²) in [6, 6.07) is 2.69. The summed E-state index contributed by atoms with van der Waals surface area (Å²) in [5.74, 6) is -1.28. The zero-order chi connectivity index (χ0) is 17.2. The van der Waals surface area contributed by atoms with Gasteiger partial charge in [-0.1, -0.05) is 11.8 Å².